The molecular formula is C30H22N2O2. The van der Waals surface area contributed by atoms with Gasteiger partial charge in [0.2, 0.25) is 0 Å². The minimum atomic E-state index is -1.22. The van der Waals surface area contributed by atoms with Gasteiger partial charge in [-0.1, -0.05) is 84.9 Å². The zero-order valence-electron chi connectivity index (χ0n) is 18.4. The number of rotatable bonds is 7. The molecule has 0 aliphatic heterocycles. The molecule has 0 atom stereocenters. The summed E-state index contributed by atoms with van der Waals surface area (Å²) in [6.45, 7) is 6.94. The SMILES string of the molecule is [C-]#[N+]/C(=C\c1ccc(/C=C/c2ccc(N(c3ccccc3)c3ccccc3)cc2)cc1)C(=O)O. The molecule has 0 aliphatic rings. The third kappa shape index (κ3) is 5.48. The third-order valence-corrected chi connectivity index (χ3v) is 5.23. The van der Waals surface area contributed by atoms with Gasteiger partial charge < -0.3 is 10.0 Å². The van der Waals surface area contributed by atoms with Gasteiger partial charge >= 0.3 is 5.97 Å². The van der Waals surface area contributed by atoms with Gasteiger partial charge in [0.05, 0.1) is 6.57 Å². The quantitative estimate of drug-likeness (QED) is 0.181. The van der Waals surface area contributed by atoms with Gasteiger partial charge in [-0.05, 0) is 59.2 Å². The molecular weight excluding hydrogens is 420 g/mol. The first-order valence-corrected chi connectivity index (χ1v) is 10.7. The summed E-state index contributed by atoms with van der Waals surface area (Å²) in [5.41, 5.74) is 5.68. The average molecular weight is 443 g/mol. The normalized spacial score (nSPS) is 11.2. The predicted octanol–water partition coefficient (Wildman–Crippen LogP) is 7.67. The molecule has 4 heteroatoms. The number of benzene rings is 4. The van der Waals surface area contributed by atoms with Gasteiger partial charge in [-0.2, -0.15) is 0 Å². The molecule has 4 rings (SSSR count). The molecule has 4 nitrogen and oxygen atoms in total. The number of para-hydroxylation sites is 2. The van der Waals surface area contributed by atoms with Crippen LogP contribution in [0.1, 0.15) is 16.7 Å². The first kappa shape index (κ1) is 22.3. The molecule has 0 radical (unpaired) electrons. The molecule has 0 aromatic heterocycles. The maximum atomic E-state index is 11.0. The molecule has 34 heavy (non-hydrogen) atoms. The van der Waals surface area contributed by atoms with Crippen LogP contribution in [0, 0.1) is 6.57 Å². The Kier molecular flexibility index (Phi) is 6.97. The van der Waals surface area contributed by atoms with Gasteiger partial charge in [-0.3, -0.25) is 4.79 Å². The van der Waals surface area contributed by atoms with Crippen molar-refractivity contribution in [3.05, 3.63) is 143 Å². The molecule has 0 unspecified atom stereocenters. The Morgan fingerprint density at radius 3 is 1.50 bits per heavy atom. The van der Waals surface area contributed by atoms with Crippen LogP contribution in [0.4, 0.5) is 17.1 Å². The first-order chi connectivity index (χ1) is 16.6. The van der Waals surface area contributed by atoms with Crippen LogP contribution < -0.4 is 4.90 Å². The topological polar surface area (TPSA) is 44.9 Å². The molecule has 1 N–H and O–H groups in total. The number of carbonyl (C=O) groups is 1. The second-order valence-electron chi connectivity index (χ2n) is 7.54. The molecule has 0 spiro atoms. The van der Waals surface area contributed by atoms with Crippen molar-refractivity contribution >= 4 is 41.3 Å². The largest absolute Gasteiger partial charge is 0.486 e. The minimum absolute atomic E-state index is 0.302. The van der Waals surface area contributed by atoms with Gasteiger partial charge in [0.25, 0.3) is 5.70 Å². The highest BCUT2D eigenvalue weighted by Gasteiger charge is 2.11. The second-order valence-corrected chi connectivity index (χ2v) is 7.54. The van der Waals surface area contributed by atoms with Crippen LogP contribution in [0.2, 0.25) is 0 Å². The molecule has 0 bridgehead atoms. The Morgan fingerprint density at radius 1 is 0.647 bits per heavy atom. The standard InChI is InChI=1S/C30H22N2O2/c1-31-29(30(33)34)22-25-16-14-23(15-17-25)12-13-24-18-20-28(21-19-24)32(26-8-4-2-5-9-26)27-10-6-3-7-11-27/h2-22H,(H,33,34)/b13-12+,29-22-. The van der Waals surface area contributed by atoms with E-state index in [0.717, 1.165) is 28.2 Å². The number of hydrogen-bond acceptors (Lipinski definition) is 2. The van der Waals surface area contributed by atoms with Crippen molar-refractivity contribution in [1.82, 2.24) is 0 Å². The molecule has 4 aromatic carbocycles. The van der Waals surface area contributed by atoms with E-state index in [1.807, 2.05) is 60.7 Å². The van der Waals surface area contributed by atoms with Crippen molar-refractivity contribution in [2.24, 2.45) is 0 Å². The van der Waals surface area contributed by atoms with E-state index in [0.29, 0.717) is 5.56 Å². The number of anilines is 3. The van der Waals surface area contributed by atoms with E-state index < -0.39 is 5.97 Å². The lowest BCUT2D eigenvalue weighted by molar-refractivity contribution is -0.132. The molecule has 0 heterocycles. The van der Waals surface area contributed by atoms with E-state index in [-0.39, 0.29) is 5.70 Å². The van der Waals surface area contributed by atoms with Gasteiger partial charge in [-0.15, -0.1) is 0 Å². The van der Waals surface area contributed by atoms with Crippen molar-refractivity contribution in [2.45, 2.75) is 0 Å². The summed E-state index contributed by atoms with van der Waals surface area (Å²) in [5.74, 6) is -1.22. The zero-order valence-corrected chi connectivity index (χ0v) is 18.4. The maximum absolute atomic E-state index is 11.0. The summed E-state index contributed by atoms with van der Waals surface area (Å²) in [6.07, 6.45) is 5.40. The van der Waals surface area contributed by atoms with Crippen LogP contribution >= 0.6 is 0 Å². The summed E-state index contributed by atoms with van der Waals surface area (Å²) in [6, 6.07) is 36.3. The minimum Gasteiger partial charge on any atom is -0.486 e. The molecule has 0 fully saturated rings. The highest BCUT2D eigenvalue weighted by Crippen LogP contribution is 2.34. The van der Waals surface area contributed by atoms with Gasteiger partial charge in [0.1, 0.15) is 0 Å². The van der Waals surface area contributed by atoms with Crippen LogP contribution in [-0.4, -0.2) is 11.1 Å². The molecule has 0 amide bonds. The fourth-order valence-corrected chi connectivity index (χ4v) is 3.53. The van der Waals surface area contributed by atoms with Gasteiger partial charge in [0, 0.05) is 17.1 Å². The van der Waals surface area contributed by atoms with E-state index >= 15 is 0 Å². The van der Waals surface area contributed by atoms with Crippen LogP contribution in [0.3, 0.4) is 0 Å². The van der Waals surface area contributed by atoms with Crippen molar-refractivity contribution < 1.29 is 9.90 Å². The fraction of sp³-hybridized carbons (Fsp3) is 0. The lowest BCUT2D eigenvalue weighted by Crippen LogP contribution is -2.09. The monoisotopic (exact) mass is 442 g/mol. The summed E-state index contributed by atoms with van der Waals surface area (Å²) >= 11 is 0. The Morgan fingerprint density at radius 2 is 1.06 bits per heavy atom. The molecule has 0 saturated heterocycles. The third-order valence-electron chi connectivity index (χ3n) is 5.23. The van der Waals surface area contributed by atoms with E-state index in [1.165, 1.54) is 6.08 Å². The van der Waals surface area contributed by atoms with Crippen molar-refractivity contribution in [3.8, 4) is 0 Å². The van der Waals surface area contributed by atoms with E-state index in [2.05, 4.69) is 58.3 Å². The van der Waals surface area contributed by atoms with Crippen LogP contribution in [0.25, 0.3) is 23.1 Å². The molecule has 0 aliphatic carbocycles. The van der Waals surface area contributed by atoms with Crippen molar-refractivity contribution in [2.75, 3.05) is 4.90 Å². The second kappa shape index (κ2) is 10.6. The van der Waals surface area contributed by atoms with Gasteiger partial charge in [-0.25, -0.2) is 4.85 Å². The molecule has 4 aromatic rings. The first-order valence-electron chi connectivity index (χ1n) is 10.7. The van der Waals surface area contributed by atoms with Crippen LogP contribution in [-0.2, 0) is 4.79 Å². The molecule has 164 valence electrons. The summed E-state index contributed by atoms with van der Waals surface area (Å²) in [5, 5.41) is 8.99. The number of carboxylic acids is 1. The zero-order chi connectivity index (χ0) is 23.8. The Balaban J connectivity index is 1.53. The van der Waals surface area contributed by atoms with E-state index in [9.17, 15) is 4.79 Å². The number of carboxylic acid groups (broad SMARTS) is 1. The van der Waals surface area contributed by atoms with E-state index in [1.54, 1.807) is 12.1 Å². The lowest BCUT2D eigenvalue weighted by atomic mass is 10.1. The van der Waals surface area contributed by atoms with Gasteiger partial charge in [0.15, 0.2) is 0 Å². The fourth-order valence-electron chi connectivity index (χ4n) is 3.53. The highest BCUT2D eigenvalue weighted by molar-refractivity contribution is 5.94. The Bertz CT molecular complexity index is 1310. The summed E-state index contributed by atoms with van der Waals surface area (Å²) < 4.78 is 0. The smallest absolute Gasteiger partial charge is 0.333 e. The maximum Gasteiger partial charge on any atom is 0.333 e. The lowest BCUT2D eigenvalue weighted by Gasteiger charge is -2.25. The van der Waals surface area contributed by atoms with Crippen molar-refractivity contribution in [3.63, 3.8) is 0 Å². The number of aliphatic carboxylic acids is 1. The summed E-state index contributed by atoms with van der Waals surface area (Å²) in [4.78, 5) is 16.2. The number of nitrogens with zero attached hydrogens (tertiary/aromatic N) is 2. The molecule has 0 saturated carbocycles. The Hall–Kier alpha value is -4.88. The average Bonchev–Trinajstić information content (AvgIpc) is 2.89. The van der Waals surface area contributed by atoms with Crippen LogP contribution in [0.5, 0.6) is 0 Å². The Labute approximate surface area is 199 Å². The van der Waals surface area contributed by atoms with Crippen LogP contribution in [0.15, 0.2) is 115 Å². The van der Waals surface area contributed by atoms with Crippen molar-refractivity contribution in [1.29, 1.82) is 0 Å². The highest BCUT2D eigenvalue weighted by atomic mass is 16.4. The summed E-state index contributed by atoms with van der Waals surface area (Å²) in [7, 11) is 0. The number of hydrogen-bond donors (Lipinski definition) is 1. The predicted molar refractivity (Wildman–Crippen MR) is 139 cm³/mol. The van der Waals surface area contributed by atoms with E-state index in [4.69, 9.17) is 11.7 Å².